The minimum Gasteiger partial charge on any atom is -0.493 e. The first kappa shape index (κ1) is 18.1. The summed E-state index contributed by atoms with van der Waals surface area (Å²) in [5.41, 5.74) is -0.590. The van der Waals surface area contributed by atoms with Crippen molar-refractivity contribution in [2.45, 2.75) is 9.79 Å². The van der Waals surface area contributed by atoms with Gasteiger partial charge in [0, 0.05) is 11.5 Å². The lowest BCUT2D eigenvalue weighted by molar-refractivity contribution is 0.354. The first-order valence-corrected chi connectivity index (χ1v) is 9.87. The van der Waals surface area contributed by atoms with Crippen molar-refractivity contribution in [2.75, 3.05) is 14.2 Å². The third-order valence-corrected chi connectivity index (χ3v) is 6.30. The van der Waals surface area contributed by atoms with E-state index in [2.05, 4.69) is 0 Å². The highest BCUT2D eigenvalue weighted by Gasteiger charge is 2.25. The van der Waals surface area contributed by atoms with E-state index in [1.165, 1.54) is 38.5 Å². The van der Waals surface area contributed by atoms with E-state index in [4.69, 9.17) is 13.9 Å². The quantitative estimate of drug-likeness (QED) is 0.385. The molecule has 0 saturated heterocycles. The van der Waals surface area contributed by atoms with Crippen LogP contribution in [0.25, 0.3) is 21.7 Å². The molecule has 0 saturated carbocycles. The number of methoxy groups -OCH3 is 2. The molecule has 4 aromatic rings. The van der Waals surface area contributed by atoms with E-state index in [-0.39, 0.29) is 10.6 Å². The van der Waals surface area contributed by atoms with Crippen LogP contribution in [0.1, 0.15) is 0 Å². The Morgan fingerprint density at radius 1 is 0.821 bits per heavy atom. The molecule has 1 heterocycles. The molecule has 7 heteroatoms. The molecule has 28 heavy (non-hydrogen) atoms. The van der Waals surface area contributed by atoms with Crippen LogP contribution in [0, 0.1) is 0 Å². The van der Waals surface area contributed by atoms with Gasteiger partial charge >= 0.3 is 5.63 Å². The molecular formula is C21H16O6S. The zero-order chi connectivity index (χ0) is 19.9. The monoisotopic (exact) mass is 396 g/mol. The second-order valence-corrected chi connectivity index (χ2v) is 8.03. The maximum absolute atomic E-state index is 13.1. The fraction of sp³-hybridized carbons (Fsp3) is 0.0952. The number of sulfone groups is 1. The van der Waals surface area contributed by atoms with Crippen LogP contribution in [0.5, 0.6) is 11.5 Å². The van der Waals surface area contributed by atoms with Gasteiger partial charge < -0.3 is 13.9 Å². The van der Waals surface area contributed by atoms with Crippen LogP contribution >= 0.6 is 0 Å². The van der Waals surface area contributed by atoms with Crippen LogP contribution < -0.4 is 15.1 Å². The summed E-state index contributed by atoms with van der Waals surface area (Å²) in [5, 5.41) is 2.27. The summed E-state index contributed by atoms with van der Waals surface area (Å²) in [6.07, 6.45) is 0. The van der Waals surface area contributed by atoms with Gasteiger partial charge in [0.1, 0.15) is 5.58 Å². The largest absolute Gasteiger partial charge is 0.493 e. The Labute approximate surface area is 160 Å². The van der Waals surface area contributed by atoms with Crippen molar-refractivity contribution in [1.82, 2.24) is 0 Å². The molecule has 0 aliphatic rings. The van der Waals surface area contributed by atoms with Gasteiger partial charge in [-0.25, -0.2) is 13.2 Å². The molecule has 0 unspecified atom stereocenters. The van der Waals surface area contributed by atoms with Crippen LogP contribution in [-0.4, -0.2) is 22.6 Å². The first-order valence-electron chi connectivity index (χ1n) is 8.38. The van der Waals surface area contributed by atoms with Gasteiger partial charge in [0.15, 0.2) is 16.4 Å². The van der Waals surface area contributed by atoms with Gasteiger partial charge in [-0.05, 0) is 35.0 Å². The second kappa shape index (κ2) is 6.69. The molecule has 0 N–H and O–H groups in total. The van der Waals surface area contributed by atoms with E-state index < -0.39 is 20.4 Å². The summed E-state index contributed by atoms with van der Waals surface area (Å²) < 4.78 is 41.9. The minimum absolute atomic E-state index is 0.0861. The number of fused-ring (bicyclic) bond motifs is 3. The number of rotatable bonds is 4. The second-order valence-electron chi connectivity index (χ2n) is 6.12. The highest BCUT2D eigenvalue weighted by Crippen LogP contribution is 2.32. The third kappa shape index (κ3) is 2.80. The van der Waals surface area contributed by atoms with E-state index in [9.17, 15) is 13.2 Å². The Balaban J connectivity index is 1.98. The average molecular weight is 396 g/mol. The summed E-state index contributed by atoms with van der Waals surface area (Å²) >= 11 is 0. The van der Waals surface area contributed by atoms with Gasteiger partial charge in [-0.3, -0.25) is 0 Å². The number of benzene rings is 3. The Bertz CT molecular complexity index is 1370. The molecule has 142 valence electrons. The van der Waals surface area contributed by atoms with E-state index in [1.54, 1.807) is 6.07 Å². The van der Waals surface area contributed by atoms with Gasteiger partial charge in [-0.2, -0.15) is 0 Å². The molecule has 0 fully saturated rings. The fourth-order valence-electron chi connectivity index (χ4n) is 3.15. The Morgan fingerprint density at radius 3 is 2.32 bits per heavy atom. The smallest absolute Gasteiger partial charge is 0.355 e. The first-order chi connectivity index (χ1) is 13.5. The van der Waals surface area contributed by atoms with Crippen molar-refractivity contribution in [3.05, 3.63) is 71.1 Å². The molecular weight excluding hydrogens is 380 g/mol. The zero-order valence-corrected chi connectivity index (χ0v) is 15.9. The SMILES string of the molecule is COc1ccc(S(=O)(=O)c2cc3c(ccc4ccccc43)oc2=O)cc1OC. The number of hydrogen-bond acceptors (Lipinski definition) is 6. The predicted octanol–water partition coefficient (Wildman–Crippen LogP) is 3.80. The molecule has 1 aromatic heterocycles. The van der Waals surface area contributed by atoms with Gasteiger partial charge in [0.25, 0.3) is 0 Å². The van der Waals surface area contributed by atoms with Crippen molar-refractivity contribution in [3.8, 4) is 11.5 Å². The summed E-state index contributed by atoms with van der Waals surface area (Å²) in [7, 11) is -1.27. The third-order valence-electron chi connectivity index (χ3n) is 4.56. The maximum Gasteiger partial charge on any atom is 0.355 e. The van der Waals surface area contributed by atoms with E-state index in [0.29, 0.717) is 16.7 Å². The van der Waals surface area contributed by atoms with E-state index in [0.717, 1.165) is 10.8 Å². The summed E-state index contributed by atoms with van der Waals surface area (Å²) in [5.74, 6) is 0.636. The highest BCUT2D eigenvalue weighted by atomic mass is 32.2. The Hall–Kier alpha value is -3.32. The van der Waals surface area contributed by atoms with Crippen LogP contribution in [0.4, 0.5) is 0 Å². The molecule has 0 bridgehead atoms. The van der Waals surface area contributed by atoms with Crippen LogP contribution in [0.15, 0.2) is 79.7 Å². The molecule has 0 radical (unpaired) electrons. The standard InChI is InChI=1S/C21H16O6S/c1-25-18-10-8-14(11-19(18)26-2)28(23,24)20-12-16-15-6-4-3-5-13(15)7-9-17(16)27-21(20)22/h3-12H,1-2H3. The number of ether oxygens (including phenoxy) is 2. The predicted molar refractivity (Wildman–Crippen MR) is 105 cm³/mol. The van der Waals surface area contributed by atoms with Crippen molar-refractivity contribution in [2.24, 2.45) is 0 Å². The Morgan fingerprint density at radius 2 is 1.57 bits per heavy atom. The molecule has 6 nitrogen and oxygen atoms in total. The van der Waals surface area contributed by atoms with Gasteiger partial charge in [-0.1, -0.05) is 30.3 Å². The lowest BCUT2D eigenvalue weighted by atomic mass is 10.1. The van der Waals surface area contributed by atoms with E-state index in [1.807, 2.05) is 30.3 Å². The van der Waals surface area contributed by atoms with Gasteiger partial charge in [0.05, 0.1) is 19.1 Å². The van der Waals surface area contributed by atoms with Gasteiger partial charge in [-0.15, -0.1) is 0 Å². The lowest BCUT2D eigenvalue weighted by Gasteiger charge is -2.10. The summed E-state index contributed by atoms with van der Waals surface area (Å²) in [6.45, 7) is 0. The normalized spacial score (nSPS) is 11.6. The molecule has 0 atom stereocenters. The lowest BCUT2D eigenvalue weighted by Crippen LogP contribution is -2.14. The van der Waals surface area contributed by atoms with Crippen molar-refractivity contribution < 1.29 is 22.3 Å². The van der Waals surface area contributed by atoms with Crippen LogP contribution in [0.3, 0.4) is 0 Å². The molecule has 0 aliphatic heterocycles. The molecule has 4 rings (SSSR count). The molecule has 3 aromatic carbocycles. The average Bonchev–Trinajstić information content (AvgIpc) is 2.72. The van der Waals surface area contributed by atoms with Crippen LogP contribution in [-0.2, 0) is 9.84 Å². The molecule has 0 amide bonds. The maximum atomic E-state index is 13.1. The number of hydrogen-bond donors (Lipinski definition) is 0. The van der Waals surface area contributed by atoms with Crippen LogP contribution in [0.2, 0.25) is 0 Å². The summed E-state index contributed by atoms with van der Waals surface area (Å²) in [6, 6.07) is 16.5. The Kier molecular flexibility index (Phi) is 4.31. The van der Waals surface area contributed by atoms with Crippen molar-refractivity contribution in [3.63, 3.8) is 0 Å². The zero-order valence-electron chi connectivity index (χ0n) is 15.1. The molecule has 0 aliphatic carbocycles. The molecule has 0 spiro atoms. The highest BCUT2D eigenvalue weighted by molar-refractivity contribution is 7.91. The summed E-state index contributed by atoms with van der Waals surface area (Å²) in [4.78, 5) is 12.0. The fourth-order valence-corrected chi connectivity index (χ4v) is 4.45. The van der Waals surface area contributed by atoms with Crippen molar-refractivity contribution in [1.29, 1.82) is 0 Å². The van der Waals surface area contributed by atoms with Crippen molar-refractivity contribution >= 4 is 31.6 Å². The van der Waals surface area contributed by atoms with Gasteiger partial charge in [0.2, 0.25) is 9.84 Å². The minimum atomic E-state index is -4.13. The van der Waals surface area contributed by atoms with E-state index >= 15 is 0 Å². The topological polar surface area (TPSA) is 82.8 Å².